The number of likely N-dealkylation sites (tertiary alicyclic amines) is 1. The van der Waals surface area contributed by atoms with Crippen LogP contribution in [-0.2, 0) is 19.9 Å². The Bertz CT molecular complexity index is 2690. The van der Waals surface area contributed by atoms with Crippen molar-refractivity contribution in [1.82, 2.24) is 20.4 Å². The molecule has 1 aliphatic carbocycles. The number of nitrogens with one attached hydrogen (secondary N) is 3. The maximum Gasteiger partial charge on any atom is 0.260 e. The molecule has 5 aliphatic heterocycles. The number of Topliss-reactive ketones (excluding diaryl/α,β-unsaturated/α-hetero) is 1. The first kappa shape index (κ1) is 40.4. The smallest absolute Gasteiger partial charge is 0.260 e. The molecular formula is C49H42Cl2FN5O5. The van der Waals surface area contributed by atoms with Crippen molar-refractivity contribution in [1.29, 1.82) is 0 Å². The zero-order chi connectivity index (χ0) is 43.0. The minimum atomic E-state index is -1.17. The van der Waals surface area contributed by atoms with E-state index < -0.39 is 29.2 Å². The van der Waals surface area contributed by atoms with Crippen molar-refractivity contribution in [2.24, 2.45) is 5.92 Å². The SMILES string of the molecule is C=C1c2cccc(C#CCCCC(=O)c3ccc([C@H]4C[C@H]5[C@@H](N4)[C@H](c4cccc(Cl)c4F)[C@]4(C(=O)Nc6cc(Cl)ccc64)N5CC4CC4)cc3)c2C(=O)N1C1CCC(=O)NC1=O. The quantitative estimate of drug-likeness (QED) is 0.0676. The van der Waals surface area contributed by atoms with Crippen LogP contribution in [0.2, 0.25) is 10.0 Å². The Hall–Kier alpha value is -5.64. The Morgan fingerprint density at radius 1 is 0.952 bits per heavy atom. The zero-order valence-electron chi connectivity index (χ0n) is 33.6. The van der Waals surface area contributed by atoms with E-state index in [1.165, 1.54) is 11.0 Å². The maximum absolute atomic E-state index is 16.2. The molecule has 4 aromatic rings. The summed E-state index contributed by atoms with van der Waals surface area (Å²) in [5, 5.41) is 9.77. The van der Waals surface area contributed by atoms with Crippen LogP contribution in [0.5, 0.6) is 0 Å². The molecule has 3 N–H and O–H groups in total. The molecule has 6 aliphatic rings. The van der Waals surface area contributed by atoms with Gasteiger partial charge in [0.15, 0.2) is 5.78 Å². The maximum atomic E-state index is 16.2. The number of carbonyl (C=O) groups excluding carboxylic acids is 5. The molecule has 1 unspecified atom stereocenters. The van der Waals surface area contributed by atoms with Gasteiger partial charge in [-0.3, -0.25) is 39.1 Å². The van der Waals surface area contributed by atoms with Gasteiger partial charge in [-0.05, 0) is 73.4 Å². The molecule has 1 spiro atoms. The Kier molecular flexibility index (Phi) is 10.2. The third-order valence-electron chi connectivity index (χ3n) is 13.6. The number of benzene rings is 4. The largest absolute Gasteiger partial charge is 0.324 e. The Morgan fingerprint density at radius 2 is 1.74 bits per heavy atom. The van der Waals surface area contributed by atoms with Crippen LogP contribution in [0.25, 0.3) is 5.70 Å². The van der Waals surface area contributed by atoms with Gasteiger partial charge < -0.3 is 10.6 Å². The van der Waals surface area contributed by atoms with E-state index in [2.05, 4.69) is 39.3 Å². The van der Waals surface area contributed by atoms with Crippen molar-refractivity contribution >= 4 is 64.0 Å². The lowest BCUT2D eigenvalue weighted by Crippen LogP contribution is -2.53. The molecule has 6 atom stereocenters. The van der Waals surface area contributed by atoms with Crippen LogP contribution < -0.4 is 16.0 Å². The zero-order valence-corrected chi connectivity index (χ0v) is 35.1. The number of unbranched alkanes of at least 4 members (excludes halogenated alkanes) is 1. The first-order valence-electron chi connectivity index (χ1n) is 21.2. The predicted molar refractivity (Wildman–Crippen MR) is 233 cm³/mol. The van der Waals surface area contributed by atoms with Crippen LogP contribution in [-0.4, -0.2) is 63.9 Å². The van der Waals surface area contributed by atoms with E-state index in [9.17, 15) is 24.0 Å². The molecule has 10 rings (SSSR count). The highest BCUT2D eigenvalue weighted by Gasteiger charge is 2.69. The topological polar surface area (TPSA) is 128 Å². The average molecular weight is 871 g/mol. The highest BCUT2D eigenvalue weighted by Crippen LogP contribution is 2.61. The van der Waals surface area contributed by atoms with Crippen molar-refractivity contribution in [2.75, 3.05) is 11.9 Å². The van der Waals surface area contributed by atoms with E-state index in [1.54, 1.807) is 42.5 Å². The third kappa shape index (κ3) is 6.58. The second kappa shape index (κ2) is 15.6. The van der Waals surface area contributed by atoms with E-state index in [1.807, 2.05) is 30.3 Å². The monoisotopic (exact) mass is 869 g/mol. The molecule has 0 aromatic heterocycles. The summed E-state index contributed by atoms with van der Waals surface area (Å²) in [5.74, 6) is 4.08. The van der Waals surface area contributed by atoms with Crippen LogP contribution in [0, 0.1) is 23.6 Å². The fourth-order valence-electron chi connectivity index (χ4n) is 10.6. The molecule has 13 heteroatoms. The highest BCUT2D eigenvalue weighted by molar-refractivity contribution is 6.31. The summed E-state index contributed by atoms with van der Waals surface area (Å²) in [4.78, 5) is 69.4. The van der Waals surface area contributed by atoms with E-state index in [0.29, 0.717) is 75.9 Å². The molecular weight excluding hydrogens is 828 g/mol. The van der Waals surface area contributed by atoms with E-state index in [0.717, 1.165) is 24.0 Å². The number of hydrogen-bond acceptors (Lipinski definition) is 7. The number of carbonyl (C=O) groups is 5. The number of amides is 4. The van der Waals surface area contributed by atoms with Crippen molar-refractivity contribution in [2.45, 2.75) is 87.0 Å². The van der Waals surface area contributed by atoms with Crippen molar-refractivity contribution in [3.63, 3.8) is 0 Å². The van der Waals surface area contributed by atoms with Gasteiger partial charge in [-0.25, -0.2) is 4.39 Å². The first-order valence-corrected chi connectivity index (χ1v) is 21.9. The van der Waals surface area contributed by atoms with Crippen LogP contribution >= 0.6 is 23.2 Å². The van der Waals surface area contributed by atoms with Crippen molar-refractivity contribution < 1.29 is 28.4 Å². The first-order chi connectivity index (χ1) is 29.9. The average Bonchev–Trinajstić information content (AvgIpc) is 3.72. The summed E-state index contributed by atoms with van der Waals surface area (Å²) in [5.41, 5.74) is 4.16. The van der Waals surface area contributed by atoms with Gasteiger partial charge in [0.2, 0.25) is 17.7 Å². The van der Waals surface area contributed by atoms with Gasteiger partial charge in [0.25, 0.3) is 5.91 Å². The third-order valence-corrected chi connectivity index (χ3v) is 14.1. The van der Waals surface area contributed by atoms with Gasteiger partial charge in [-0.1, -0.05) is 96.2 Å². The van der Waals surface area contributed by atoms with Gasteiger partial charge >= 0.3 is 0 Å². The number of piperidine rings is 1. The van der Waals surface area contributed by atoms with E-state index >= 15 is 4.39 Å². The Balaban J connectivity index is 0.833. The highest BCUT2D eigenvalue weighted by atomic mass is 35.5. The summed E-state index contributed by atoms with van der Waals surface area (Å²) in [6, 6.07) is 22.1. The fraction of sp³-hybridized carbons (Fsp3) is 0.327. The number of hydrogen-bond donors (Lipinski definition) is 3. The van der Waals surface area contributed by atoms with E-state index in [-0.39, 0.29) is 65.9 Å². The Labute approximate surface area is 368 Å². The number of nitrogens with zero attached hydrogens (tertiary/aromatic N) is 2. The number of imide groups is 1. The summed E-state index contributed by atoms with van der Waals surface area (Å²) >= 11 is 12.8. The number of rotatable bonds is 9. The normalized spacial score (nSPS) is 26.3. The second-order valence-electron chi connectivity index (χ2n) is 17.2. The summed E-state index contributed by atoms with van der Waals surface area (Å²) in [7, 11) is 0. The van der Waals surface area contributed by atoms with E-state index in [4.69, 9.17) is 23.2 Å². The minimum absolute atomic E-state index is 0.00831. The van der Waals surface area contributed by atoms with Gasteiger partial charge in [0, 0.05) is 88.5 Å². The van der Waals surface area contributed by atoms with Crippen LogP contribution in [0.15, 0.2) is 85.4 Å². The van der Waals surface area contributed by atoms with Gasteiger partial charge in [0.05, 0.1) is 10.6 Å². The molecule has 314 valence electrons. The fourth-order valence-corrected chi connectivity index (χ4v) is 10.9. The summed E-state index contributed by atoms with van der Waals surface area (Å²) in [6.07, 6.45) is 4.42. The molecule has 1 saturated carbocycles. The van der Waals surface area contributed by atoms with Gasteiger partial charge in [-0.2, -0.15) is 0 Å². The molecule has 4 amide bonds. The molecule has 5 heterocycles. The predicted octanol–water partition coefficient (Wildman–Crippen LogP) is 7.90. The van der Waals surface area contributed by atoms with Crippen LogP contribution in [0.3, 0.4) is 0 Å². The number of fused-ring (bicyclic) bond motifs is 4. The summed E-state index contributed by atoms with van der Waals surface area (Å²) in [6.45, 7) is 4.77. The number of halogens is 3. The molecule has 4 fully saturated rings. The van der Waals surface area contributed by atoms with Crippen molar-refractivity contribution in [3.05, 3.63) is 140 Å². The molecule has 62 heavy (non-hydrogen) atoms. The lowest BCUT2D eigenvalue weighted by atomic mass is 9.73. The molecule has 0 radical (unpaired) electrons. The molecule has 10 nitrogen and oxygen atoms in total. The molecule has 0 bridgehead atoms. The lowest BCUT2D eigenvalue weighted by molar-refractivity contribution is -0.136. The standard InChI is InChI=1S/C49H42Cl2FN5O5/c1-26-32-9-5-8-30(42(32)47(61)57(26)38-21-22-41(59)55-46(38)60)7-3-2-4-12-40(58)29-17-15-28(16-18-29)36-24-39-45(53-36)43(33-10-6-11-35(51)44(33)52)49(56(39)25-27-13-14-27)34-20-19-31(50)23-37(34)54-48(49)62/h5-6,8-11,15-20,23,27,36,38-39,43,45,53H,1-2,4,12-14,21-22,24-25H2,(H,54,62)(H,55,59,60)/t36-,38?,39+,43+,45-,49-/m1/s1. The number of ketones is 1. The Morgan fingerprint density at radius 3 is 2.52 bits per heavy atom. The van der Waals surface area contributed by atoms with Crippen LogP contribution in [0.1, 0.15) is 112 Å². The van der Waals surface area contributed by atoms with Gasteiger partial charge in [-0.15, -0.1) is 0 Å². The number of anilines is 1. The minimum Gasteiger partial charge on any atom is -0.324 e. The lowest BCUT2D eigenvalue weighted by Gasteiger charge is -2.41. The molecule has 3 saturated heterocycles. The van der Waals surface area contributed by atoms with Crippen molar-refractivity contribution in [3.8, 4) is 11.8 Å². The molecule has 4 aromatic carbocycles. The second-order valence-corrected chi connectivity index (χ2v) is 18.0. The summed E-state index contributed by atoms with van der Waals surface area (Å²) < 4.78 is 16.2. The van der Waals surface area contributed by atoms with Crippen LogP contribution in [0.4, 0.5) is 10.1 Å². The van der Waals surface area contributed by atoms with Gasteiger partial charge in [0.1, 0.15) is 17.4 Å².